The van der Waals surface area contributed by atoms with Gasteiger partial charge in [0.15, 0.2) is 0 Å². The summed E-state index contributed by atoms with van der Waals surface area (Å²) < 4.78 is 0. The van der Waals surface area contributed by atoms with E-state index in [0.29, 0.717) is 11.1 Å². The molecule has 0 aliphatic carbocycles. The molecule has 1 aromatic rings. The Kier molecular flexibility index (Phi) is 4.03. The molecule has 84 valence electrons. The SMILES string of the molecule is CC(O)CN(C)C(=O)c1ccccc1C#N. The summed E-state index contributed by atoms with van der Waals surface area (Å²) in [7, 11) is 1.60. The number of hydrogen-bond donors (Lipinski definition) is 1. The van der Waals surface area contributed by atoms with Crippen molar-refractivity contribution in [3.05, 3.63) is 35.4 Å². The van der Waals surface area contributed by atoms with Gasteiger partial charge in [-0.25, -0.2) is 0 Å². The second kappa shape index (κ2) is 5.29. The molecule has 0 saturated heterocycles. The minimum atomic E-state index is -0.580. The fraction of sp³-hybridized carbons (Fsp3) is 0.333. The van der Waals surface area contributed by atoms with Gasteiger partial charge < -0.3 is 10.0 Å². The van der Waals surface area contributed by atoms with E-state index in [9.17, 15) is 9.90 Å². The Balaban J connectivity index is 2.93. The number of benzene rings is 1. The molecular formula is C12H14N2O2. The van der Waals surface area contributed by atoms with Gasteiger partial charge in [0.1, 0.15) is 0 Å². The second-order valence-electron chi connectivity index (χ2n) is 3.69. The molecular weight excluding hydrogens is 204 g/mol. The highest BCUT2D eigenvalue weighted by molar-refractivity contribution is 5.96. The third-order valence-corrected chi connectivity index (χ3v) is 2.16. The van der Waals surface area contributed by atoms with Crippen molar-refractivity contribution < 1.29 is 9.90 Å². The average Bonchev–Trinajstić information content (AvgIpc) is 2.27. The largest absolute Gasteiger partial charge is 0.392 e. The molecule has 1 rings (SSSR count). The van der Waals surface area contributed by atoms with Gasteiger partial charge in [0.2, 0.25) is 0 Å². The molecule has 0 spiro atoms. The van der Waals surface area contributed by atoms with Gasteiger partial charge in [-0.15, -0.1) is 0 Å². The van der Waals surface area contributed by atoms with E-state index in [0.717, 1.165) is 0 Å². The molecule has 1 unspecified atom stereocenters. The van der Waals surface area contributed by atoms with Gasteiger partial charge in [0.25, 0.3) is 5.91 Å². The molecule has 1 amide bonds. The van der Waals surface area contributed by atoms with Gasteiger partial charge in [-0.3, -0.25) is 4.79 Å². The number of aliphatic hydroxyl groups excluding tert-OH is 1. The molecule has 0 fully saturated rings. The normalized spacial score (nSPS) is 11.6. The van der Waals surface area contributed by atoms with Crippen LogP contribution in [0.15, 0.2) is 24.3 Å². The van der Waals surface area contributed by atoms with Gasteiger partial charge in [-0.05, 0) is 19.1 Å². The molecule has 0 aliphatic rings. The van der Waals surface area contributed by atoms with Crippen LogP contribution in [0.5, 0.6) is 0 Å². The van der Waals surface area contributed by atoms with Crippen LogP contribution < -0.4 is 0 Å². The minimum Gasteiger partial charge on any atom is -0.392 e. The van der Waals surface area contributed by atoms with Crippen molar-refractivity contribution in [1.82, 2.24) is 4.90 Å². The van der Waals surface area contributed by atoms with Gasteiger partial charge in [0, 0.05) is 13.6 Å². The lowest BCUT2D eigenvalue weighted by molar-refractivity contribution is 0.0703. The first-order valence-electron chi connectivity index (χ1n) is 4.99. The molecule has 1 N–H and O–H groups in total. The Morgan fingerprint density at radius 3 is 2.75 bits per heavy atom. The van der Waals surface area contributed by atoms with E-state index in [-0.39, 0.29) is 12.5 Å². The van der Waals surface area contributed by atoms with E-state index in [4.69, 9.17) is 5.26 Å². The van der Waals surface area contributed by atoms with E-state index < -0.39 is 6.10 Å². The number of rotatable bonds is 3. The maximum atomic E-state index is 11.9. The van der Waals surface area contributed by atoms with Crippen molar-refractivity contribution in [1.29, 1.82) is 5.26 Å². The number of nitriles is 1. The van der Waals surface area contributed by atoms with Crippen LogP contribution in [-0.4, -0.2) is 35.6 Å². The van der Waals surface area contributed by atoms with E-state index >= 15 is 0 Å². The molecule has 0 aliphatic heterocycles. The monoisotopic (exact) mass is 218 g/mol. The summed E-state index contributed by atoms with van der Waals surface area (Å²) in [6.45, 7) is 1.86. The van der Waals surface area contributed by atoms with Crippen molar-refractivity contribution >= 4 is 5.91 Å². The molecule has 4 nitrogen and oxygen atoms in total. The summed E-state index contributed by atoms with van der Waals surface area (Å²) in [4.78, 5) is 13.3. The summed E-state index contributed by atoms with van der Waals surface area (Å²) in [6, 6.07) is 8.61. The van der Waals surface area contributed by atoms with E-state index in [2.05, 4.69) is 0 Å². The number of aliphatic hydroxyl groups is 1. The molecule has 0 bridgehead atoms. The first-order chi connectivity index (χ1) is 7.56. The quantitative estimate of drug-likeness (QED) is 0.823. The van der Waals surface area contributed by atoms with Crippen LogP contribution in [0, 0.1) is 11.3 Å². The van der Waals surface area contributed by atoms with Crippen LogP contribution in [0.2, 0.25) is 0 Å². The Morgan fingerprint density at radius 2 is 2.19 bits per heavy atom. The standard InChI is InChI=1S/C12H14N2O2/c1-9(15)8-14(2)12(16)11-6-4-3-5-10(11)7-13/h3-6,9,15H,8H2,1-2H3. The zero-order valence-corrected chi connectivity index (χ0v) is 9.34. The number of hydrogen-bond acceptors (Lipinski definition) is 3. The predicted octanol–water partition coefficient (Wildman–Crippen LogP) is 1.01. The number of carbonyl (C=O) groups excluding carboxylic acids is 1. The zero-order chi connectivity index (χ0) is 12.1. The number of likely N-dealkylation sites (N-methyl/N-ethyl adjacent to an activating group) is 1. The maximum absolute atomic E-state index is 11.9. The Hall–Kier alpha value is -1.86. The lowest BCUT2D eigenvalue weighted by atomic mass is 10.1. The summed E-state index contributed by atoms with van der Waals surface area (Å²) in [5.74, 6) is -0.252. The molecule has 0 saturated carbocycles. The summed E-state index contributed by atoms with van der Waals surface area (Å²) >= 11 is 0. The van der Waals surface area contributed by atoms with Crippen molar-refractivity contribution in [3.8, 4) is 6.07 Å². The van der Waals surface area contributed by atoms with Crippen LogP contribution in [-0.2, 0) is 0 Å². The maximum Gasteiger partial charge on any atom is 0.255 e. The summed E-state index contributed by atoms with van der Waals surface area (Å²) in [5.41, 5.74) is 0.720. The van der Waals surface area contributed by atoms with Crippen LogP contribution in [0.4, 0.5) is 0 Å². The number of nitrogens with zero attached hydrogens (tertiary/aromatic N) is 2. The molecule has 16 heavy (non-hydrogen) atoms. The van der Waals surface area contributed by atoms with Crippen molar-refractivity contribution in [2.75, 3.05) is 13.6 Å². The van der Waals surface area contributed by atoms with E-state index in [1.807, 2.05) is 6.07 Å². The lowest BCUT2D eigenvalue weighted by Crippen LogP contribution is -2.33. The van der Waals surface area contributed by atoms with Gasteiger partial charge in [-0.2, -0.15) is 5.26 Å². The third-order valence-electron chi connectivity index (χ3n) is 2.16. The first-order valence-corrected chi connectivity index (χ1v) is 4.99. The molecule has 1 aromatic carbocycles. The number of carbonyl (C=O) groups is 1. The van der Waals surface area contributed by atoms with Gasteiger partial charge in [-0.1, -0.05) is 12.1 Å². The summed E-state index contributed by atoms with van der Waals surface area (Å²) in [5, 5.41) is 18.0. The molecule has 0 heterocycles. The van der Waals surface area contributed by atoms with Crippen molar-refractivity contribution in [3.63, 3.8) is 0 Å². The predicted molar refractivity (Wildman–Crippen MR) is 59.8 cm³/mol. The highest BCUT2D eigenvalue weighted by atomic mass is 16.3. The average molecular weight is 218 g/mol. The van der Waals surface area contributed by atoms with Crippen LogP contribution in [0.1, 0.15) is 22.8 Å². The molecule has 0 radical (unpaired) electrons. The van der Waals surface area contributed by atoms with E-state index in [1.54, 1.807) is 38.2 Å². The Labute approximate surface area is 94.7 Å². The third kappa shape index (κ3) is 2.81. The topological polar surface area (TPSA) is 64.3 Å². The Morgan fingerprint density at radius 1 is 1.56 bits per heavy atom. The second-order valence-corrected chi connectivity index (χ2v) is 3.69. The van der Waals surface area contributed by atoms with Gasteiger partial charge in [0.05, 0.1) is 23.3 Å². The molecule has 1 atom stereocenters. The highest BCUT2D eigenvalue weighted by Crippen LogP contribution is 2.10. The van der Waals surface area contributed by atoms with Crippen molar-refractivity contribution in [2.45, 2.75) is 13.0 Å². The Bertz CT molecular complexity index is 421. The lowest BCUT2D eigenvalue weighted by Gasteiger charge is -2.19. The fourth-order valence-electron chi connectivity index (χ4n) is 1.45. The summed E-state index contributed by atoms with van der Waals surface area (Å²) in [6.07, 6.45) is -0.580. The van der Waals surface area contributed by atoms with Crippen LogP contribution in [0.25, 0.3) is 0 Å². The van der Waals surface area contributed by atoms with Crippen LogP contribution >= 0.6 is 0 Å². The smallest absolute Gasteiger partial charge is 0.255 e. The highest BCUT2D eigenvalue weighted by Gasteiger charge is 2.16. The van der Waals surface area contributed by atoms with Crippen LogP contribution in [0.3, 0.4) is 0 Å². The van der Waals surface area contributed by atoms with Gasteiger partial charge >= 0.3 is 0 Å². The number of amides is 1. The molecule has 0 aromatic heterocycles. The first kappa shape index (κ1) is 12.2. The molecule has 4 heteroatoms. The fourth-order valence-corrected chi connectivity index (χ4v) is 1.45. The van der Waals surface area contributed by atoms with Crippen molar-refractivity contribution in [2.24, 2.45) is 0 Å². The minimum absolute atomic E-state index is 0.249. The zero-order valence-electron chi connectivity index (χ0n) is 9.34. The van der Waals surface area contributed by atoms with E-state index in [1.165, 1.54) is 4.90 Å².